The number of benzene rings is 1. The zero-order chi connectivity index (χ0) is 19.7. The lowest BCUT2D eigenvalue weighted by molar-refractivity contribution is -0.127. The Hall–Kier alpha value is -1.62. The van der Waals surface area contributed by atoms with Gasteiger partial charge in [0.05, 0.1) is 10.2 Å². The van der Waals surface area contributed by atoms with E-state index in [1.54, 1.807) is 11.3 Å². The standard InChI is InChI=1S/C23H33N3OS/c1-4-17-8-9-20-21(14-17)28-23(25-20)26-12-10-18(11-13-26)22(27)24-19-7-5-6-15(2)16(19)3/h8-9,14-16,18-19H,4-7,10-13H2,1-3H3,(H,24,27). The van der Waals surface area contributed by atoms with Gasteiger partial charge in [-0.05, 0) is 55.2 Å². The molecule has 1 amide bonds. The lowest BCUT2D eigenvalue weighted by atomic mass is 9.78. The number of hydrogen-bond donors (Lipinski definition) is 1. The fourth-order valence-corrected chi connectivity index (χ4v) is 5.81. The molecule has 152 valence electrons. The molecule has 1 saturated carbocycles. The summed E-state index contributed by atoms with van der Waals surface area (Å²) in [4.78, 5) is 20.0. The Morgan fingerprint density at radius 3 is 2.75 bits per heavy atom. The second kappa shape index (κ2) is 8.40. The number of aromatic nitrogens is 1. The third-order valence-corrected chi connectivity index (χ3v) is 8.10. The first-order chi connectivity index (χ1) is 13.5. The van der Waals surface area contributed by atoms with E-state index in [4.69, 9.17) is 4.98 Å². The Morgan fingerprint density at radius 1 is 1.21 bits per heavy atom. The van der Waals surface area contributed by atoms with Gasteiger partial charge >= 0.3 is 0 Å². The summed E-state index contributed by atoms with van der Waals surface area (Å²) in [5, 5.41) is 4.50. The predicted octanol–water partition coefficient (Wildman–Crippen LogP) is 5.02. The van der Waals surface area contributed by atoms with Crippen molar-refractivity contribution < 1.29 is 4.79 Å². The summed E-state index contributed by atoms with van der Waals surface area (Å²) in [5.41, 5.74) is 2.46. The van der Waals surface area contributed by atoms with Crippen LogP contribution in [0.1, 0.15) is 58.4 Å². The van der Waals surface area contributed by atoms with E-state index in [-0.39, 0.29) is 11.8 Å². The lowest BCUT2D eigenvalue weighted by Crippen LogP contribution is -2.48. The first-order valence-electron chi connectivity index (χ1n) is 11.0. The molecule has 28 heavy (non-hydrogen) atoms. The average molecular weight is 400 g/mol. The van der Waals surface area contributed by atoms with Crippen LogP contribution in [0, 0.1) is 17.8 Å². The number of thiazole rings is 1. The zero-order valence-corrected chi connectivity index (χ0v) is 18.2. The normalized spacial score (nSPS) is 26.5. The minimum atomic E-state index is 0.154. The molecule has 4 nitrogen and oxygen atoms in total. The molecule has 2 aromatic rings. The molecule has 5 heteroatoms. The minimum absolute atomic E-state index is 0.154. The molecule has 0 radical (unpaired) electrons. The van der Waals surface area contributed by atoms with Crippen LogP contribution in [0.2, 0.25) is 0 Å². The van der Waals surface area contributed by atoms with Crippen LogP contribution in [-0.2, 0) is 11.2 Å². The first kappa shape index (κ1) is 19.7. The summed E-state index contributed by atoms with van der Waals surface area (Å²) < 4.78 is 1.27. The summed E-state index contributed by atoms with van der Waals surface area (Å²) in [6, 6.07) is 6.95. The van der Waals surface area contributed by atoms with Gasteiger partial charge in [-0.25, -0.2) is 4.98 Å². The van der Waals surface area contributed by atoms with Crippen LogP contribution in [0.25, 0.3) is 10.2 Å². The van der Waals surface area contributed by atoms with Crippen molar-refractivity contribution in [1.82, 2.24) is 10.3 Å². The van der Waals surface area contributed by atoms with Crippen molar-refractivity contribution in [1.29, 1.82) is 0 Å². The number of piperidine rings is 1. The van der Waals surface area contributed by atoms with Crippen LogP contribution in [-0.4, -0.2) is 30.0 Å². The van der Waals surface area contributed by atoms with Crippen LogP contribution < -0.4 is 10.2 Å². The predicted molar refractivity (Wildman–Crippen MR) is 118 cm³/mol. The number of carbonyl (C=O) groups excluding carboxylic acids is 1. The van der Waals surface area contributed by atoms with E-state index in [9.17, 15) is 4.79 Å². The molecule has 3 unspecified atom stereocenters. The van der Waals surface area contributed by atoms with E-state index in [0.717, 1.165) is 49.4 Å². The van der Waals surface area contributed by atoms with Gasteiger partial charge in [-0.15, -0.1) is 0 Å². The van der Waals surface area contributed by atoms with Gasteiger partial charge in [0, 0.05) is 25.0 Å². The number of carbonyl (C=O) groups is 1. The van der Waals surface area contributed by atoms with E-state index < -0.39 is 0 Å². The monoisotopic (exact) mass is 399 g/mol. The molecule has 3 atom stereocenters. The molecule has 0 bridgehead atoms. The number of anilines is 1. The third-order valence-electron chi connectivity index (χ3n) is 7.02. The van der Waals surface area contributed by atoms with Gasteiger partial charge in [0.25, 0.3) is 0 Å². The molecule has 0 spiro atoms. The Morgan fingerprint density at radius 2 is 2.00 bits per heavy atom. The van der Waals surface area contributed by atoms with E-state index >= 15 is 0 Å². The largest absolute Gasteiger partial charge is 0.353 e. The Balaban J connectivity index is 1.34. The minimum Gasteiger partial charge on any atom is -0.353 e. The zero-order valence-electron chi connectivity index (χ0n) is 17.4. The van der Waals surface area contributed by atoms with Crippen LogP contribution in [0.4, 0.5) is 5.13 Å². The number of hydrogen-bond acceptors (Lipinski definition) is 4. The van der Waals surface area contributed by atoms with Crippen molar-refractivity contribution >= 4 is 32.6 Å². The highest BCUT2D eigenvalue weighted by atomic mass is 32.1. The first-order valence-corrected chi connectivity index (χ1v) is 11.8. The van der Waals surface area contributed by atoms with Crippen LogP contribution in [0.3, 0.4) is 0 Å². The fourth-order valence-electron chi connectivity index (χ4n) is 4.73. The number of fused-ring (bicyclic) bond motifs is 1. The second-order valence-electron chi connectivity index (χ2n) is 8.80. The summed E-state index contributed by atoms with van der Waals surface area (Å²) in [7, 11) is 0. The maximum atomic E-state index is 12.8. The molecule has 1 aliphatic carbocycles. The highest BCUT2D eigenvalue weighted by molar-refractivity contribution is 7.22. The van der Waals surface area contributed by atoms with Gasteiger partial charge < -0.3 is 10.2 Å². The lowest BCUT2D eigenvalue weighted by Gasteiger charge is -2.37. The fraction of sp³-hybridized carbons (Fsp3) is 0.652. The average Bonchev–Trinajstić information content (AvgIpc) is 3.14. The molecular weight excluding hydrogens is 366 g/mol. The molecule has 2 heterocycles. The SMILES string of the molecule is CCc1ccc2nc(N3CCC(C(=O)NC4CCCC(C)C4C)CC3)sc2c1. The van der Waals surface area contributed by atoms with Crippen LogP contribution >= 0.6 is 11.3 Å². The van der Waals surface area contributed by atoms with Crippen molar-refractivity contribution in [2.24, 2.45) is 17.8 Å². The highest BCUT2D eigenvalue weighted by Crippen LogP contribution is 2.33. The summed E-state index contributed by atoms with van der Waals surface area (Å²) in [6.07, 6.45) is 6.60. The van der Waals surface area contributed by atoms with Crippen molar-refractivity contribution in [3.63, 3.8) is 0 Å². The smallest absolute Gasteiger partial charge is 0.223 e. The Bertz CT molecular complexity index is 824. The Kier molecular flexibility index (Phi) is 5.91. The molecule has 1 N–H and O–H groups in total. The molecule has 2 aliphatic rings. The molecule has 1 aromatic heterocycles. The van der Waals surface area contributed by atoms with E-state index in [2.05, 4.69) is 49.2 Å². The van der Waals surface area contributed by atoms with Gasteiger partial charge in [0.2, 0.25) is 5.91 Å². The van der Waals surface area contributed by atoms with Crippen LogP contribution in [0.15, 0.2) is 18.2 Å². The number of amides is 1. The molecule has 4 rings (SSSR count). The van der Waals surface area contributed by atoms with Gasteiger partial charge in [-0.2, -0.15) is 0 Å². The molecule has 1 saturated heterocycles. The summed E-state index contributed by atoms with van der Waals surface area (Å²) in [5.74, 6) is 1.74. The maximum absolute atomic E-state index is 12.8. The Labute approximate surface area is 172 Å². The van der Waals surface area contributed by atoms with Crippen molar-refractivity contribution in [3.05, 3.63) is 23.8 Å². The quantitative estimate of drug-likeness (QED) is 0.785. The van der Waals surface area contributed by atoms with E-state index in [0.29, 0.717) is 17.9 Å². The number of nitrogens with zero attached hydrogens (tertiary/aromatic N) is 2. The van der Waals surface area contributed by atoms with E-state index in [1.165, 1.54) is 23.1 Å². The van der Waals surface area contributed by atoms with Crippen molar-refractivity contribution in [2.75, 3.05) is 18.0 Å². The highest BCUT2D eigenvalue weighted by Gasteiger charge is 2.32. The second-order valence-corrected chi connectivity index (χ2v) is 9.80. The van der Waals surface area contributed by atoms with Crippen molar-refractivity contribution in [3.8, 4) is 0 Å². The summed E-state index contributed by atoms with van der Waals surface area (Å²) in [6.45, 7) is 8.66. The number of aryl methyl sites for hydroxylation is 1. The van der Waals surface area contributed by atoms with Crippen LogP contribution in [0.5, 0.6) is 0 Å². The number of rotatable bonds is 4. The van der Waals surface area contributed by atoms with Gasteiger partial charge in [0.15, 0.2) is 5.13 Å². The third kappa shape index (κ3) is 4.05. The van der Waals surface area contributed by atoms with E-state index in [1.807, 2.05) is 0 Å². The number of nitrogens with one attached hydrogen (secondary N) is 1. The van der Waals surface area contributed by atoms with Gasteiger partial charge in [0.1, 0.15) is 0 Å². The molecule has 2 fully saturated rings. The molecule has 1 aliphatic heterocycles. The molecular formula is C23H33N3OS. The topological polar surface area (TPSA) is 45.2 Å². The maximum Gasteiger partial charge on any atom is 0.223 e. The summed E-state index contributed by atoms with van der Waals surface area (Å²) >= 11 is 1.79. The molecule has 1 aromatic carbocycles. The van der Waals surface area contributed by atoms with Gasteiger partial charge in [-0.3, -0.25) is 4.79 Å². The van der Waals surface area contributed by atoms with Gasteiger partial charge in [-0.1, -0.05) is 51.0 Å². The van der Waals surface area contributed by atoms with Crippen molar-refractivity contribution in [2.45, 2.75) is 65.3 Å².